The van der Waals surface area contributed by atoms with Crippen molar-refractivity contribution in [1.82, 2.24) is 15.1 Å². The molecule has 1 amide bonds. The first kappa shape index (κ1) is 12.7. The zero-order valence-electron chi connectivity index (χ0n) is 10.1. The van der Waals surface area contributed by atoms with Gasteiger partial charge in [0, 0.05) is 6.20 Å². The highest BCUT2D eigenvalue weighted by atomic mass is 16.1. The summed E-state index contributed by atoms with van der Waals surface area (Å²) in [5, 5.41) is 7.16. The van der Waals surface area contributed by atoms with E-state index in [0.29, 0.717) is 0 Å². The molecule has 1 heterocycles. The van der Waals surface area contributed by atoms with Crippen LogP contribution >= 0.6 is 0 Å². The predicted molar refractivity (Wildman–Crippen MR) is 63.0 cm³/mol. The quantitative estimate of drug-likeness (QED) is 0.737. The average Bonchev–Trinajstić information content (AvgIpc) is 2.67. The van der Waals surface area contributed by atoms with E-state index in [1.807, 2.05) is 19.3 Å². The van der Waals surface area contributed by atoms with Gasteiger partial charge < -0.3 is 11.1 Å². The summed E-state index contributed by atoms with van der Waals surface area (Å²) in [6, 6.07) is -0.470. The number of amides is 1. The Morgan fingerprint density at radius 2 is 2.38 bits per heavy atom. The molecule has 0 aromatic carbocycles. The number of hydrogen-bond acceptors (Lipinski definition) is 3. The van der Waals surface area contributed by atoms with Crippen LogP contribution in [0.2, 0.25) is 0 Å². The molecule has 3 N–H and O–H groups in total. The first-order chi connectivity index (χ1) is 7.60. The van der Waals surface area contributed by atoms with E-state index in [4.69, 9.17) is 5.73 Å². The Labute approximate surface area is 96.0 Å². The lowest BCUT2D eigenvalue weighted by atomic mass is 10.1. The second-order valence-corrected chi connectivity index (χ2v) is 3.99. The van der Waals surface area contributed by atoms with Gasteiger partial charge in [-0.3, -0.25) is 9.48 Å². The van der Waals surface area contributed by atoms with Crippen LogP contribution in [-0.4, -0.2) is 28.8 Å². The Morgan fingerprint density at radius 3 is 2.88 bits per heavy atom. The first-order valence-electron chi connectivity index (χ1n) is 5.59. The van der Waals surface area contributed by atoms with Gasteiger partial charge >= 0.3 is 0 Å². The number of hydrogen-bond donors (Lipinski definition) is 2. The topological polar surface area (TPSA) is 72.9 Å². The fourth-order valence-corrected chi connectivity index (χ4v) is 1.79. The zero-order chi connectivity index (χ0) is 12.1. The maximum Gasteiger partial charge on any atom is 0.236 e. The summed E-state index contributed by atoms with van der Waals surface area (Å²) in [5.74, 6) is -0.359. The first-order valence-corrected chi connectivity index (χ1v) is 5.59. The van der Waals surface area contributed by atoms with E-state index in [-0.39, 0.29) is 11.9 Å². The molecule has 0 fully saturated rings. The molecule has 0 saturated carbocycles. The molecular formula is C11H20N4O. The minimum atomic E-state index is -0.394. The maximum atomic E-state index is 11.2. The van der Waals surface area contributed by atoms with Gasteiger partial charge in [-0.2, -0.15) is 5.10 Å². The standard InChI is InChI=1S/C11H20N4O/c1-4-5-9-6-14-15(7-9)8(2)10(13-3)11(12)16/h6-8,10,13H,4-5H2,1-3H3,(H2,12,16). The summed E-state index contributed by atoms with van der Waals surface area (Å²) in [4.78, 5) is 11.2. The molecule has 0 aliphatic rings. The van der Waals surface area contributed by atoms with Gasteiger partial charge in [0.2, 0.25) is 5.91 Å². The van der Waals surface area contributed by atoms with E-state index < -0.39 is 6.04 Å². The molecule has 0 bridgehead atoms. The molecule has 0 aliphatic carbocycles. The molecule has 0 spiro atoms. The van der Waals surface area contributed by atoms with Crippen LogP contribution in [-0.2, 0) is 11.2 Å². The number of likely N-dealkylation sites (N-methyl/N-ethyl adjacent to an activating group) is 1. The van der Waals surface area contributed by atoms with Crippen LogP contribution in [0.5, 0.6) is 0 Å². The molecule has 5 nitrogen and oxygen atoms in total. The van der Waals surface area contributed by atoms with Gasteiger partial charge in [-0.25, -0.2) is 0 Å². The van der Waals surface area contributed by atoms with Crippen LogP contribution in [0, 0.1) is 0 Å². The third kappa shape index (κ3) is 2.82. The summed E-state index contributed by atoms with van der Waals surface area (Å²) in [6.45, 7) is 4.05. The number of rotatable bonds is 6. The number of nitrogens with two attached hydrogens (primary N) is 1. The van der Waals surface area contributed by atoms with E-state index >= 15 is 0 Å². The maximum absolute atomic E-state index is 11.2. The zero-order valence-corrected chi connectivity index (χ0v) is 10.1. The normalized spacial score (nSPS) is 14.7. The molecule has 2 unspecified atom stereocenters. The number of aryl methyl sites for hydroxylation is 1. The Morgan fingerprint density at radius 1 is 1.69 bits per heavy atom. The summed E-state index contributed by atoms with van der Waals surface area (Å²) in [5.41, 5.74) is 6.50. The van der Waals surface area contributed by atoms with Crippen molar-refractivity contribution in [2.24, 2.45) is 5.73 Å². The molecule has 1 rings (SSSR count). The van der Waals surface area contributed by atoms with Crippen LogP contribution in [0.1, 0.15) is 31.9 Å². The van der Waals surface area contributed by atoms with Crippen molar-refractivity contribution in [1.29, 1.82) is 0 Å². The minimum Gasteiger partial charge on any atom is -0.368 e. The molecule has 90 valence electrons. The Hall–Kier alpha value is -1.36. The van der Waals surface area contributed by atoms with Crippen LogP contribution in [0.25, 0.3) is 0 Å². The highest BCUT2D eigenvalue weighted by Gasteiger charge is 2.22. The lowest BCUT2D eigenvalue weighted by molar-refractivity contribution is -0.120. The average molecular weight is 224 g/mol. The smallest absolute Gasteiger partial charge is 0.236 e. The van der Waals surface area contributed by atoms with Crippen molar-refractivity contribution in [3.05, 3.63) is 18.0 Å². The second kappa shape index (κ2) is 5.65. The van der Waals surface area contributed by atoms with Gasteiger partial charge in [-0.1, -0.05) is 13.3 Å². The molecular weight excluding hydrogens is 204 g/mol. The SMILES string of the molecule is CCCc1cnn(C(C)C(NC)C(N)=O)c1. The number of carbonyl (C=O) groups excluding carboxylic acids is 1. The predicted octanol–water partition coefficient (Wildman–Crippen LogP) is 0.470. The van der Waals surface area contributed by atoms with Crippen molar-refractivity contribution in [3.8, 4) is 0 Å². The summed E-state index contributed by atoms with van der Waals surface area (Å²) in [7, 11) is 1.72. The van der Waals surface area contributed by atoms with E-state index in [0.717, 1.165) is 12.8 Å². The van der Waals surface area contributed by atoms with Crippen LogP contribution < -0.4 is 11.1 Å². The van der Waals surface area contributed by atoms with Crippen molar-refractivity contribution in [2.45, 2.75) is 38.8 Å². The molecule has 1 aromatic heterocycles. The lowest BCUT2D eigenvalue weighted by Gasteiger charge is -2.20. The molecule has 1 aromatic rings. The third-order valence-corrected chi connectivity index (χ3v) is 2.71. The fourth-order valence-electron chi connectivity index (χ4n) is 1.79. The van der Waals surface area contributed by atoms with E-state index in [9.17, 15) is 4.79 Å². The Balaban J connectivity index is 2.77. The molecule has 0 saturated heterocycles. The number of nitrogens with one attached hydrogen (secondary N) is 1. The number of nitrogens with zero attached hydrogens (tertiary/aromatic N) is 2. The summed E-state index contributed by atoms with van der Waals surface area (Å²) >= 11 is 0. The summed E-state index contributed by atoms with van der Waals surface area (Å²) < 4.78 is 1.79. The van der Waals surface area contributed by atoms with Crippen molar-refractivity contribution >= 4 is 5.91 Å². The number of aromatic nitrogens is 2. The van der Waals surface area contributed by atoms with Gasteiger partial charge in [-0.15, -0.1) is 0 Å². The minimum absolute atomic E-state index is 0.0758. The van der Waals surface area contributed by atoms with Crippen LogP contribution in [0.4, 0.5) is 0 Å². The third-order valence-electron chi connectivity index (χ3n) is 2.71. The van der Waals surface area contributed by atoms with E-state index in [2.05, 4.69) is 17.3 Å². The van der Waals surface area contributed by atoms with E-state index in [1.165, 1.54) is 5.56 Å². The van der Waals surface area contributed by atoms with E-state index in [1.54, 1.807) is 11.7 Å². The van der Waals surface area contributed by atoms with Gasteiger partial charge in [-0.05, 0) is 26.0 Å². The Kier molecular flexibility index (Phi) is 4.49. The Bertz CT molecular complexity index is 348. The van der Waals surface area contributed by atoms with Gasteiger partial charge in [0.25, 0.3) is 0 Å². The second-order valence-electron chi connectivity index (χ2n) is 3.99. The van der Waals surface area contributed by atoms with Crippen LogP contribution in [0.3, 0.4) is 0 Å². The van der Waals surface area contributed by atoms with Crippen LogP contribution in [0.15, 0.2) is 12.4 Å². The lowest BCUT2D eigenvalue weighted by Crippen LogP contribution is -2.44. The van der Waals surface area contributed by atoms with Crippen molar-refractivity contribution in [2.75, 3.05) is 7.05 Å². The van der Waals surface area contributed by atoms with Gasteiger partial charge in [0.1, 0.15) is 6.04 Å². The molecule has 16 heavy (non-hydrogen) atoms. The highest BCUT2D eigenvalue weighted by molar-refractivity contribution is 5.80. The van der Waals surface area contributed by atoms with Gasteiger partial charge in [0.15, 0.2) is 0 Å². The van der Waals surface area contributed by atoms with Crippen molar-refractivity contribution < 1.29 is 4.79 Å². The fraction of sp³-hybridized carbons (Fsp3) is 0.636. The summed E-state index contributed by atoms with van der Waals surface area (Å²) in [6.07, 6.45) is 5.91. The largest absolute Gasteiger partial charge is 0.368 e. The number of carbonyl (C=O) groups is 1. The highest BCUT2D eigenvalue weighted by Crippen LogP contribution is 2.12. The molecule has 2 atom stereocenters. The number of primary amides is 1. The molecule has 0 aliphatic heterocycles. The monoisotopic (exact) mass is 224 g/mol. The molecule has 5 heteroatoms. The molecule has 0 radical (unpaired) electrons. The van der Waals surface area contributed by atoms with Crippen molar-refractivity contribution in [3.63, 3.8) is 0 Å². The van der Waals surface area contributed by atoms with Gasteiger partial charge in [0.05, 0.1) is 12.2 Å².